The van der Waals surface area contributed by atoms with Crippen molar-refractivity contribution in [2.24, 2.45) is 11.5 Å². The first kappa shape index (κ1) is 16.9. The van der Waals surface area contributed by atoms with Crippen LogP contribution in [-0.4, -0.2) is 48.4 Å². The van der Waals surface area contributed by atoms with Crippen LogP contribution in [-0.2, 0) is 14.4 Å². The van der Waals surface area contributed by atoms with E-state index in [-0.39, 0.29) is 13.1 Å². The van der Waals surface area contributed by atoms with E-state index < -0.39 is 28.7 Å². The topological polar surface area (TPSA) is 95.4 Å². The summed E-state index contributed by atoms with van der Waals surface area (Å²) >= 11 is 0. The fraction of sp³-hybridized carbons (Fsp3) is 0.818. The number of hydrogen-bond acceptors (Lipinski definition) is 5. The van der Waals surface area contributed by atoms with Crippen LogP contribution in [0.15, 0.2) is 0 Å². The number of quaternary nitrogens is 1. The molecule has 0 saturated carbocycles. The van der Waals surface area contributed by atoms with Gasteiger partial charge in [0.25, 0.3) is 0 Å². The van der Waals surface area contributed by atoms with Crippen molar-refractivity contribution in [3.8, 4) is 0 Å². The number of nitrogens with two attached hydrogens (primary N) is 2. The first-order valence-corrected chi connectivity index (χ1v) is 6.41. The van der Waals surface area contributed by atoms with Gasteiger partial charge in [-0.05, 0) is 25.8 Å². The van der Waals surface area contributed by atoms with Crippen LogP contribution in [0.3, 0.4) is 0 Å². The van der Waals surface area contributed by atoms with Crippen molar-refractivity contribution in [3.63, 3.8) is 0 Å². The van der Waals surface area contributed by atoms with Crippen LogP contribution >= 0.6 is 0 Å². The molecule has 1 atom stereocenters. The van der Waals surface area contributed by atoms with Crippen molar-refractivity contribution in [1.29, 1.82) is 0 Å². The molecule has 1 heterocycles. The zero-order chi connectivity index (χ0) is 15.4. The summed E-state index contributed by atoms with van der Waals surface area (Å²) in [7, 11) is 0. The molecule has 1 aliphatic rings. The van der Waals surface area contributed by atoms with Gasteiger partial charge in [-0.15, -0.1) is 0 Å². The largest absolute Gasteiger partial charge is 0.497 e. The van der Waals surface area contributed by atoms with Crippen LogP contribution in [0.2, 0.25) is 0 Å². The van der Waals surface area contributed by atoms with Crippen molar-refractivity contribution in [2.45, 2.75) is 37.9 Å². The summed E-state index contributed by atoms with van der Waals surface area (Å²) in [5.74, 6) is -3.05. The van der Waals surface area contributed by atoms with Crippen molar-refractivity contribution in [1.82, 2.24) is 0 Å². The Hall–Kier alpha value is -1.19. The predicted octanol–water partition coefficient (Wildman–Crippen LogP) is 0.210. The quantitative estimate of drug-likeness (QED) is 0.559. The first-order valence-electron chi connectivity index (χ1n) is 6.41. The highest BCUT2D eigenvalue weighted by Crippen LogP contribution is 2.27. The Bertz CT molecular complexity index is 370. The van der Waals surface area contributed by atoms with E-state index in [1.54, 1.807) is 0 Å². The number of hydrogen-bond donors (Lipinski definition) is 2. The number of unbranched alkanes of at least 4 members (excludes halogenated alkanes) is 1. The van der Waals surface area contributed by atoms with Crippen LogP contribution in [0.25, 0.3) is 0 Å². The average molecular weight is 298 g/mol. The molecule has 0 radical (unpaired) electrons. The van der Waals surface area contributed by atoms with Crippen LogP contribution < -0.4 is 11.5 Å². The monoisotopic (exact) mass is 298 g/mol. The van der Waals surface area contributed by atoms with Gasteiger partial charge >= 0.3 is 18.1 Å². The minimum absolute atomic E-state index is 0.0330. The molecular weight excluding hydrogens is 279 g/mol. The summed E-state index contributed by atoms with van der Waals surface area (Å²) in [6.07, 6.45) is -3.04. The highest BCUT2D eigenvalue weighted by Gasteiger charge is 2.55. The average Bonchev–Trinajstić information content (AvgIpc) is 2.31. The number of hydroxylamine groups is 3. The molecule has 0 unspecified atom stereocenters. The lowest BCUT2D eigenvalue weighted by Crippen LogP contribution is -2.67. The fourth-order valence-electron chi connectivity index (χ4n) is 1.95. The van der Waals surface area contributed by atoms with E-state index in [1.165, 1.54) is 0 Å². The Morgan fingerprint density at radius 1 is 1.25 bits per heavy atom. The van der Waals surface area contributed by atoms with E-state index >= 15 is 0 Å². The van der Waals surface area contributed by atoms with Gasteiger partial charge in [-0.2, -0.15) is 13.2 Å². The summed E-state index contributed by atoms with van der Waals surface area (Å²) in [4.78, 5) is 27.3. The van der Waals surface area contributed by atoms with E-state index in [0.717, 1.165) is 0 Å². The molecule has 0 aromatic rings. The van der Waals surface area contributed by atoms with Gasteiger partial charge in [-0.1, -0.05) is 4.65 Å². The number of carbonyl (C=O) groups is 2. The smallest absolute Gasteiger partial charge is 0.330 e. The number of carbonyl (C=O) groups excluding carboxylic acids is 2. The molecule has 0 spiro atoms. The van der Waals surface area contributed by atoms with Gasteiger partial charge < -0.3 is 11.5 Å². The van der Waals surface area contributed by atoms with Crippen LogP contribution in [0.1, 0.15) is 25.7 Å². The van der Waals surface area contributed by atoms with E-state index in [9.17, 15) is 22.8 Å². The number of rotatable bonds is 5. The summed E-state index contributed by atoms with van der Waals surface area (Å²) < 4.78 is 35.7. The third-order valence-electron chi connectivity index (χ3n) is 3.22. The van der Waals surface area contributed by atoms with E-state index in [2.05, 4.69) is 4.84 Å². The molecule has 1 saturated heterocycles. The molecule has 0 aliphatic carbocycles. The van der Waals surface area contributed by atoms with E-state index in [0.29, 0.717) is 32.2 Å². The van der Waals surface area contributed by atoms with Crippen LogP contribution in [0.4, 0.5) is 13.2 Å². The van der Waals surface area contributed by atoms with Crippen molar-refractivity contribution in [3.05, 3.63) is 0 Å². The fourth-order valence-corrected chi connectivity index (χ4v) is 1.95. The molecule has 6 nitrogen and oxygen atoms in total. The van der Waals surface area contributed by atoms with Crippen molar-refractivity contribution >= 4 is 11.9 Å². The minimum Gasteiger partial charge on any atom is -0.330 e. The Balaban J connectivity index is 2.64. The maximum atomic E-state index is 12.2. The van der Waals surface area contributed by atoms with Crippen molar-refractivity contribution in [2.75, 3.05) is 19.6 Å². The van der Waals surface area contributed by atoms with Gasteiger partial charge in [0.2, 0.25) is 0 Å². The Morgan fingerprint density at radius 2 is 1.85 bits per heavy atom. The molecule has 9 heteroatoms. The van der Waals surface area contributed by atoms with Gasteiger partial charge in [0.1, 0.15) is 19.1 Å². The van der Waals surface area contributed by atoms with E-state index in [4.69, 9.17) is 11.5 Å². The van der Waals surface area contributed by atoms with Crippen molar-refractivity contribution < 1.29 is 32.2 Å². The SMILES string of the molecule is NCCCC[C@H](N)C(=O)[N+]1(OC(=O)C(F)(F)F)CCC1. The molecule has 0 aromatic carbocycles. The highest BCUT2D eigenvalue weighted by atomic mass is 19.4. The van der Waals surface area contributed by atoms with Gasteiger partial charge in [-0.25, -0.2) is 9.59 Å². The van der Waals surface area contributed by atoms with E-state index in [1.807, 2.05) is 0 Å². The maximum absolute atomic E-state index is 12.2. The molecule has 0 aromatic heterocycles. The zero-order valence-electron chi connectivity index (χ0n) is 11.0. The Labute approximate surface area is 114 Å². The number of amides is 1. The standard InChI is InChI=1S/C11H19F3N3O3/c12-11(13,14)10(19)20-17(6-3-7-17)9(18)8(16)4-1-2-5-15/h8H,1-7,15-16H2/q+1/t8-/m0/s1. The Morgan fingerprint density at radius 3 is 2.25 bits per heavy atom. The molecule has 4 N–H and O–H groups in total. The molecule has 116 valence electrons. The summed E-state index contributed by atoms with van der Waals surface area (Å²) in [5, 5.41) is 0. The third kappa shape index (κ3) is 3.90. The third-order valence-corrected chi connectivity index (χ3v) is 3.22. The molecule has 1 rings (SSSR count). The number of likely N-dealkylation sites (tertiary alicyclic amines) is 1. The second kappa shape index (κ2) is 6.51. The zero-order valence-corrected chi connectivity index (χ0v) is 11.0. The number of nitrogens with zero attached hydrogens (tertiary/aromatic N) is 1. The molecule has 1 fully saturated rings. The highest BCUT2D eigenvalue weighted by molar-refractivity contribution is 5.78. The summed E-state index contributed by atoms with van der Waals surface area (Å²) in [6, 6.07) is -0.956. The summed E-state index contributed by atoms with van der Waals surface area (Å²) in [5.41, 5.74) is 11.0. The first-order chi connectivity index (χ1) is 9.23. The second-order valence-corrected chi connectivity index (χ2v) is 4.80. The lowest BCUT2D eigenvalue weighted by atomic mass is 10.1. The molecular formula is C11H19F3N3O3+. The molecule has 1 aliphatic heterocycles. The predicted molar refractivity (Wildman–Crippen MR) is 62.6 cm³/mol. The molecule has 1 amide bonds. The van der Waals surface area contributed by atoms with Crippen LogP contribution in [0.5, 0.6) is 0 Å². The van der Waals surface area contributed by atoms with Crippen LogP contribution in [0, 0.1) is 0 Å². The minimum atomic E-state index is -5.12. The van der Waals surface area contributed by atoms with Gasteiger partial charge in [-0.3, -0.25) is 4.84 Å². The maximum Gasteiger partial charge on any atom is 0.497 e. The summed E-state index contributed by atoms with van der Waals surface area (Å²) in [6.45, 7) is 0.514. The number of halogens is 3. The lowest BCUT2D eigenvalue weighted by Gasteiger charge is -2.39. The second-order valence-electron chi connectivity index (χ2n) is 4.80. The molecule has 20 heavy (non-hydrogen) atoms. The number of alkyl halides is 3. The molecule has 0 bridgehead atoms. The normalized spacial score (nSPS) is 19.1. The Kier molecular flexibility index (Phi) is 5.49. The van der Waals surface area contributed by atoms with Gasteiger partial charge in [0.15, 0.2) is 0 Å². The lowest BCUT2D eigenvalue weighted by molar-refractivity contribution is -1.06. The van der Waals surface area contributed by atoms with Gasteiger partial charge in [0, 0.05) is 0 Å². The van der Waals surface area contributed by atoms with Gasteiger partial charge in [0.05, 0.1) is 6.42 Å².